The second-order valence-corrected chi connectivity index (χ2v) is 7.21. The maximum Gasteiger partial charge on any atom is 0.253 e. The third-order valence-corrected chi connectivity index (χ3v) is 5.60. The van der Waals surface area contributed by atoms with Crippen molar-refractivity contribution in [3.05, 3.63) is 83.1 Å². The molecule has 1 fully saturated rings. The summed E-state index contributed by atoms with van der Waals surface area (Å²) in [5, 5.41) is 3.33. The largest absolute Gasteiger partial charge is 0.467 e. The van der Waals surface area contributed by atoms with Crippen molar-refractivity contribution in [3.63, 3.8) is 0 Å². The van der Waals surface area contributed by atoms with Gasteiger partial charge in [-0.2, -0.15) is 0 Å². The molecule has 1 N–H and O–H groups in total. The fourth-order valence-electron chi connectivity index (χ4n) is 3.89. The number of rotatable bonds is 5. The van der Waals surface area contributed by atoms with Crippen LogP contribution in [-0.4, -0.2) is 10.5 Å². The van der Waals surface area contributed by atoms with Crippen molar-refractivity contribution < 1.29 is 9.21 Å². The lowest BCUT2D eigenvalue weighted by Crippen LogP contribution is -2.50. The topological polar surface area (TPSA) is 47.2 Å². The Balaban J connectivity index is 1.59. The van der Waals surface area contributed by atoms with E-state index in [4.69, 9.17) is 4.42 Å². The quantitative estimate of drug-likeness (QED) is 0.735. The average Bonchev–Trinajstić information content (AvgIpc) is 3.22. The summed E-state index contributed by atoms with van der Waals surface area (Å²) in [6.07, 6.45) is 4.81. The fraction of sp³-hybridized carbons (Fsp3) is 0.318. The van der Waals surface area contributed by atoms with Crippen LogP contribution >= 0.6 is 0 Å². The lowest BCUT2D eigenvalue weighted by Gasteiger charge is -2.43. The monoisotopic (exact) mass is 348 g/mol. The predicted octanol–water partition coefficient (Wildman–Crippen LogP) is 4.56. The van der Waals surface area contributed by atoms with Gasteiger partial charge in [0.25, 0.3) is 5.91 Å². The van der Waals surface area contributed by atoms with E-state index >= 15 is 0 Å². The molecule has 1 amide bonds. The van der Waals surface area contributed by atoms with Crippen LogP contribution in [0.3, 0.4) is 0 Å². The summed E-state index contributed by atoms with van der Waals surface area (Å²) < 4.78 is 7.59. The first-order valence-corrected chi connectivity index (χ1v) is 9.16. The first-order chi connectivity index (χ1) is 12.6. The van der Waals surface area contributed by atoms with Crippen LogP contribution in [0, 0.1) is 13.8 Å². The maximum atomic E-state index is 13.1. The number of nitrogens with one attached hydrogen (secondary N) is 1. The van der Waals surface area contributed by atoms with Crippen molar-refractivity contribution in [2.75, 3.05) is 0 Å². The number of amides is 1. The Morgan fingerprint density at radius 1 is 1.15 bits per heavy atom. The standard InChI is InChI=1S/C22H24N2O2/c1-16-14-20(17(2)24(16)15-19-10-6-13-26-19)21(25)23-22(11-7-12-22)18-8-4-3-5-9-18/h3-6,8-10,13-14H,7,11-12,15H2,1-2H3,(H,23,25). The number of furan rings is 1. The molecule has 0 spiro atoms. The Bertz CT molecular complexity index is 903. The van der Waals surface area contributed by atoms with Gasteiger partial charge < -0.3 is 14.3 Å². The van der Waals surface area contributed by atoms with Crippen LogP contribution in [0.5, 0.6) is 0 Å². The smallest absolute Gasteiger partial charge is 0.253 e. The molecule has 1 aromatic carbocycles. The molecule has 0 aliphatic heterocycles. The highest BCUT2D eigenvalue weighted by molar-refractivity contribution is 5.96. The Morgan fingerprint density at radius 3 is 2.54 bits per heavy atom. The Hall–Kier alpha value is -2.75. The number of nitrogens with zero attached hydrogens (tertiary/aromatic N) is 1. The Kier molecular flexibility index (Phi) is 4.19. The number of hydrogen-bond acceptors (Lipinski definition) is 2. The van der Waals surface area contributed by atoms with Crippen LogP contribution in [0.15, 0.2) is 59.2 Å². The molecule has 3 aromatic rings. The molecule has 2 aromatic heterocycles. The first-order valence-electron chi connectivity index (χ1n) is 9.16. The minimum atomic E-state index is -0.220. The van der Waals surface area contributed by atoms with E-state index in [2.05, 4.69) is 22.0 Å². The van der Waals surface area contributed by atoms with Gasteiger partial charge in [0.2, 0.25) is 0 Å². The summed E-state index contributed by atoms with van der Waals surface area (Å²) in [4.78, 5) is 13.1. The van der Waals surface area contributed by atoms with E-state index in [-0.39, 0.29) is 11.4 Å². The van der Waals surface area contributed by atoms with Gasteiger partial charge in [-0.15, -0.1) is 0 Å². The number of carbonyl (C=O) groups excluding carboxylic acids is 1. The summed E-state index contributed by atoms with van der Waals surface area (Å²) in [5.74, 6) is 0.894. The van der Waals surface area contributed by atoms with Gasteiger partial charge in [0.1, 0.15) is 5.76 Å². The van der Waals surface area contributed by atoms with Crippen molar-refractivity contribution in [2.45, 2.75) is 45.2 Å². The van der Waals surface area contributed by atoms with Crippen molar-refractivity contribution in [2.24, 2.45) is 0 Å². The molecule has 134 valence electrons. The molecule has 0 radical (unpaired) electrons. The van der Waals surface area contributed by atoms with E-state index in [9.17, 15) is 4.79 Å². The normalized spacial score (nSPS) is 15.5. The van der Waals surface area contributed by atoms with E-state index in [0.717, 1.165) is 42.0 Å². The fourth-order valence-corrected chi connectivity index (χ4v) is 3.89. The average molecular weight is 348 g/mol. The molecular formula is C22H24N2O2. The van der Waals surface area contributed by atoms with E-state index in [1.807, 2.05) is 50.2 Å². The molecular weight excluding hydrogens is 324 g/mol. The molecule has 26 heavy (non-hydrogen) atoms. The highest BCUT2D eigenvalue weighted by Crippen LogP contribution is 2.41. The highest BCUT2D eigenvalue weighted by atomic mass is 16.3. The first kappa shape index (κ1) is 16.7. The van der Waals surface area contributed by atoms with Gasteiger partial charge in [-0.1, -0.05) is 30.3 Å². The van der Waals surface area contributed by atoms with Gasteiger partial charge >= 0.3 is 0 Å². The lowest BCUT2D eigenvalue weighted by molar-refractivity contribution is 0.0822. The van der Waals surface area contributed by atoms with E-state index in [0.29, 0.717) is 6.54 Å². The molecule has 4 nitrogen and oxygen atoms in total. The van der Waals surface area contributed by atoms with E-state index < -0.39 is 0 Å². The summed E-state index contributed by atoms with van der Waals surface area (Å²) in [6.45, 7) is 4.67. The molecule has 4 rings (SSSR count). The zero-order valence-corrected chi connectivity index (χ0v) is 15.3. The van der Waals surface area contributed by atoms with Crippen LogP contribution in [0.4, 0.5) is 0 Å². The van der Waals surface area contributed by atoms with E-state index in [1.54, 1.807) is 6.26 Å². The number of carbonyl (C=O) groups is 1. The van der Waals surface area contributed by atoms with Gasteiger partial charge in [-0.05, 0) is 56.9 Å². The molecule has 0 unspecified atom stereocenters. The number of aryl methyl sites for hydroxylation is 1. The van der Waals surface area contributed by atoms with Crippen molar-refractivity contribution >= 4 is 5.91 Å². The van der Waals surface area contributed by atoms with Crippen LogP contribution < -0.4 is 5.32 Å². The third-order valence-electron chi connectivity index (χ3n) is 5.60. The van der Waals surface area contributed by atoms with Crippen LogP contribution in [-0.2, 0) is 12.1 Å². The summed E-state index contributed by atoms with van der Waals surface area (Å²) in [6, 6.07) is 16.1. The SMILES string of the molecule is Cc1cc(C(=O)NC2(c3ccccc3)CCC2)c(C)n1Cc1ccco1. The Morgan fingerprint density at radius 2 is 1.92 bits per heavy atom. The molecule has 0 atom stereocenters. The summed E-state index contributed by atoms with van der Waals surface area (Å²) in [5.41, 5.74) is 3.76. The number of hydrogen-bond donors (Lipinski definition) is 1. The second kappa shape index (κ2) is 6.52. The molecule has 1 aliphatic carbocycles. The number of benzene rings is 1. The molecule has 1 saturated carbocycles. The van der Waals surface area contributed by atoms with Crippen LogP contribution in [0.25, 0.3) is 0 Å². The van der Waals surface area contributed by atoms with Gasteiger partial charge in [-0.25, -0.2) is 0 Å². The molecule has 0 saturated heterocycles. The molecule has 2 heterocycles. The van der Waals surface area contributed by atoms with Gasteiger partial charge in [-0.3, -0.25) is 4.79 Å². The Labute approximate surface area is 153 Å². The van der Waals surface area contributed by atoms with Crippen molar-refractivity contribution in [3.8, 4) is 0 Å². The summed E-state index contributed by atoms with van der Waals surface area (Å²) in [7, 11) is 0. The van der Waals surface area contributed by atoms with Crippen LogP contribution in [0.1, 0.15) is 52.3 Å². The minimum Gasteiger partial charge on any atom is -0.467 e. The third kappa shape index (κ3) is 2.85. The molecule has 0 bridgehead atoms. The van der Waals surface area contributed by atoms with E-state index in [1.165, 1.54) is 5.56 Å². The van der Waals surface area contributed by atoms with Gasteiger partial charge in [0.15, 0.2) is 0 Å². The maximum absolute atomic E-state index is 13.1. The van der Waals surface area contributed by atoms with Gasteiger partial charge in [0, 0.05) is 11.4 Å². The van der Waals surface area contributed by atoms with Crippen molar-refractivity contribution in [1.82, 2.24) is 9.88 Å². The zero-order valence-electron chi connectivity index (χ0n) is 15.3. The molecule has 1 aliphatic rings. The minimum absolute atomic E-state index is 0.00680. The second-order valence-electron chi connectivity index (χ2n) is 7.21. The lowest BCUT2D eigenvalue weighted by atomic mass is 9.71. The molecule has 4 heteroatoms. The predicted molar refractivity (Wildman–Crippen MR) is 101 cm³/mol. The zero-order chi connectivity index (χ0) is 18.1. The highest BCUT2D eigenvalue weighted by Gasteiger charge is 2.40. The summed E-state index contributed by atoms with van der Waals surface area (Å²) >= 11 is 0. The number of aromatic nitrogens is 1. The van der Waals surface area contributed by atoms with Crippen molar-refractivity contribution in [1.29, 1.82) is 0 Å². The van der Waals surface area contributed by atoms with Gasteiger partial charge in [0.05, 0.1) is 23.9 Å². The van der Waals surface area contributed by atoms with Crippen LogP contribution in [0.2, 0.25) is 0 Å².